The molecule has 2 N–H and O–H groups in total. The molecule has 0 saturated heterocycles. The van der Waals surface area contributed by atoms with Gasteiger partial charge in [0.15, 0.2) is 5.03 Å². The highest BCUT2D eigenvalue weighted by Crippen LogP contribution is 2.30. The molecule has 0 atom stereocenters. The molecule has 168 valence electrons. The van der Waals surface area contributed by atoms with Crippen LogP contribution >= 0.6 is 11.6 Å². The topological polar surface area (TPSA) is 110 Å². The van der Waals surface area contributed by atoms with Gasteiger partial charge in [-0.1, -0.05) is 41.9 Å². The number of carbonyl (C=O) groups excluding carboxylic acids is 1. The molecule has 2 heterocycles. The quantitative estimate of drug-likeness (QED) is 0.522. The second kappa shape index (κ2) is 9.13. The molecule has 1 amide bonds. The van der Waals surface area contributed by atoms with Crippen molar-refractivity contribution < 1.29 is 17.9 Å². The predicted molar refractivity (Wildman–Crippen MR) is 124 cm³/mol. The number of nitrogens with zero attached hydrogens (tertiary/aromatic N) is 2. The van der Waals surface area contributed by atoms with Crippen LogP contribution in [0.25, 0.3) is 11.3 Å². The minimum Gasteiger partial charge on any atom is -0.444 e. The maximum atomic E-state index is 12.9. The summed E-state index contributed by atoms with van der Waals surface area (Å²) in [6.07, 6.45) is -0.741. The van der Waals surface area contributed by atoms with Crippen molar-refractivity contribution in [2.45, 2.75) is 38.3 Å². The predicted octanol–water partition coefficient (Wildman–Crippen LogP) is 5.25. The van der Waals surface area contributed by atoms with Crippen LogP contribution < -0.4 is 10.0 Å². The van der Waals surface area contributed by atoms with Gasteiger partial charge < -0.3 is 4.74 Å². The lowest BCUT2D eigenvalue weighted by Gasteiger charge is -2.19. The van der Waals surface area contributed by atoms with Crippen molar-refractivity contribution in [3.05, 3.63) is 65.2 Å². The molecule has 2 aromatic heterocycles. The Hall–Kier alpha value is -3.17. The Morgan fingerprint density at radius 2 is 1.69 bits per heavy atom. The van der Waals surface area contributed by atoms with Gasteiger partial charge >= 0.3 is 6.09 Å². The van der Waals surface area contributed by atoms with Crippen LogP contribution in [-0.2, 0) is 14.8 Å². The maximum Gasteiger partial charge on any atom is 0.413 e. The van der Waals surface area contributed by atoms with Crippen molar-refractivity contribution in [2.75, 3.05) is 10.0 Å². The Kier molecular flexibility index (Phi) is 6.71. The Morgan fingerprint density at radius 3 is 2.38 bits per heavy atom. The van der Waals surface area contributed by atoms with Crippen LogP contribution in [-0.4, -0.2) is 30.1 Å². The number of pyridine rings is 2. The van der Waals surface area contributed by atoms with Crippen LogP contribution in [0.5, 0.6) is 0 Å². The van der Waals surface area contributed by atoms with E-state index < -0.39 is 21.7 Å². The first-order valence-electron chi connectivity index (χ1n) is 9.67. The number of aromatic nitrogens is 2. The fourth-order valence-electron chi connectivity index (χ4n) is 2.76. The van der Waals surface area contributed by atoms with E-state index in [2.05, 4.69) is 20.0 Å². The molecule has 3 rings (SSSR count). The van der Waals surface area contributed by atoms with Gasteiger partial charge in [0.2, 0.25) is 0 Å². The van der Waals surface area contributed by atoms with Gasteiger partial charge in [-0.3, -0.25) is 10.0 Å². The second-order valence-corrected chi connectivity index (χ2v) is 9.97. The number of sulfonamides is 1. The number of carbonyl (C=O) groups is 1. The first-order valence-corrected chi connectivity index (χ1v) is 11.5. The standard InChI is InChI=1S/C22H23ClN4O4S/c1-14-8-5-6-9-15(14)20-16(23)12-13-18(25-20)27-32(29,30)19-11-7-10-17(24-19)26-21(28)31-22(2,3)4/h5-13H,1-4H3,(H,25,27)(H,24,26,28). The maximum absolute atomic E-state index is 12.9. The number of hydrogen-bond donors (Lipinski definition) is 2. The molecular formula is C22H23ClN4O4S. The van der Waals surface area contributed by atoms with Gasteiger partial charge in [-0.25, -0.2) is 14.8 Å². The monoisotopic (exact) mass is 474 g/mol. The van der Waals surface area contributed by atoms with Crippen LogP contribution in [0.1, 0.15) is 26.3 Å². The molecule has 0 aliphatic heterocycles. The number of hydrogen-bond acceptors (Lipinski definition) is 6. The molecular weight excluding hydrogens is 452 g/mol. The van der Waals surface area contributed by atoms with Crippen molar-refractivity contribution in [2.24, 2.45) is 0 Å². The summed E-state index contributed by atoms with van der Waals surface area (Å²) in [4.78, 5) is 20.3. The minimum atomic E-state index is -4.09. The lowest BCUT2D eigenvalue weighted by Crippen LogP contribution is -2.27. The largest absolute Gasteiger partial charge is 0.444 e. The zero-order valence-electron chi connectivity index (χ0n) is 18.0. The molecule has 0 radical (unpaired) electrons. The van der Waals surface area contributed by atoms with Gasteiger partial charge in [0.1, 0.15) is 17.2 Å². The average Bonchev–Trinajstić information content (AvgIpc) is 2.68. The van der Waals surface area contributed by atoms with Crippen LogP contribution in [0.3, 0.4) is 0 Å². The van der Waals surface area contributed by atoms with Crippen molar-refractivity contribution in [1.29, 1.82) is 0 Å². The lowest BCUT2D eigenvalue weighted by molar-refractivity contribution is 0.0635. The van der Waals surface area contributed by atoms with E-state index in [0.717, 1.165) is 11.1 Å². The van der Waals surface area contributed by atoms with Crippen LogP contribution in [0.2, 0.25) is 5.02 Å². The van der Waals surface area contributed by atoms with E-state index in [0.29, 0.717) is 10.7 Å². The highest BCUT2D eigenvalue weighted by molar-refractivity contribution is 7.92. The molecule has 10 heteroatoms. The molecule has 0 unspecified atom stereocenters. The number of nitrogens with one attached hydrogen (secondary N) is 2. The van der Waals surface area contributed by atoms with E-state index in [9.17, 15) is 13.2 Å². The Morgan fingerprint density at radius 1 is 0.969 bits per heavy atom. The fourth-order valence-corrected chi connectivity index (χ4v) is 3.94. The van der Waals surface area contributed by atoms with Crippen LogP contribution in [0, 0.1) is 6.92 Å². The fraction of sp³-hybridized carbons (Fsp3) is 0.227. The smallest absolute Gasteiger partial charge is 0.413 e. The van der Waals surface area contributed by atoms with Crippen molar-refractivity contribution in [3.8, 4) is 11.3 Å². The molecule has 1 aromatic carbocycles. The van der Waals surface area contributed by atoms with E-state index in [4.69, 9.17) is 16.3 Å². The zero-order chi connectivity index (χ0) is 23.5. The molecule has 0 spiro atoms. The summed E-state index contributed by atoms with van der Waals surface area (Å²) in [5, 5.41) is 2.52. The molecule has 8 nitrogen and oxygen atoms in total. The third-order valence-corrected chi connectivity index (χ3v) is 5.67. The Labute approximate surface area is 192 Å². The first-order chi connectivity index (χ1) is 14.9. The number of anilines is 2. The van der Waals surface area contributed by atoms with Crippen LogP contribution in [0.4, 0.5) is 16.4 Å². The van der Waals surface area contributed by atoms with E-state index in [1.165, 1.54) is 24.3 Å². The summed E-state index contributed by atoms with van der Waals surface area (Å²) in [6.45, 7) is 7.07. The number of rotatable bonds is 5. The number of aryl methyl sites for hydroxylation is 1. The molecule has 0 fully saturated rings. The molecule has 32 heavy (non-hydrogen) atoms. The van der Waals surface area contributed by atoms with Gasteiger partial charge in [-0.05, 0) is 57.5 Å². The van der Waals surface area contributed by atoms with E-state index in [1.54, 1.807) is 26.8 Å². The third-order valence-electron chi connectivity index (χ3n) is 4.11. The zero-order valence-corrected chi connectivity index (χ0v) is 19.6. The van der Waals surface area contributed by atoms with Crippen molar-refractivity contribution in [1.82, 2.24) is 9.97 Å². The van der Waals surface area contributed by atoms with Gasteiger partial charge in [-0.15, -0.1) is 0 Å². The van der Waals surface area contributed by atoms with Gasteiger partial charge in [-0.2, -0.15) is 8.42 Å². The summed E-state index contributed by atoms with van der Waals surface area (Å²) in [6, 6.07) is 14.8. The third kappa shape index (κ3) is 5.95. The summed E-state index contributed by atoms with van der Waals surface area (Å²) in [7, 11) is -4.09. The molecule has 3 aromatic rings. The van der Waals surface area contributed by atoms with Crippen molar-refractivity contribution in [3.63, 3.8) is 0 Å². The SMILES string of the molecule is Cc1ccccc1-c1nc(NS(=O)(=O)c2cccc(NC(=O)OC(C)(C)C)n2)ccc1Cl. The van der Waals surface area contributed by atoms with Crippen molar-refractivity contribution >= 4 is 39.4 Å². The summed E-state index contributed by atoms with van der Waals surface area (Å²) < 4.78 is 33.3. The number of amides is 1. The van der Waals surface area contributed by atoms with E-state index >= 15 is 0 Å². The van der Waals surface area contributed by atoms with Gasteiger partial charge in [0, 0.05) is 5.56 Å². The molecule has 0 aliphatic carbocycles. The van der Waals surface area contributed by atoms with Gasteiger partial charge in [0.05, 0.1) is 10.7 Å². The number of ether oxygens (including phenoxy) is 1. The normalized spacial score (nSPS) is 11.7. The van der Waals surface area contributed by atoms with E-state index in [1.807, 2.05) is 31.2 Å². The van der Waals surface area contributed by atoms with E-state index in [-0.39, 0.29) is 16.7 Å². The molecule has 0 saturated carbocycles. The van der Waals surface area contributed by atoms with Gasteiger partial charge in [0.25, 0.3) is 10.0 Å². The molecule has 0 aliphatic rings. The summed E-state index contributed by atoms with van der Waals surface area (Å²) >= 11 is 6.30. The Balaban J connectivity index is 1.85. The highest BCUT2D eigenvalue weighted by atomic mass is 35.5. The Bertz CT molecular complexity index is 1260. The minimum absolute atomic E-state index is 0.0341. The van der Waals surface area contributed by atoms with Crippen LogP contribution in [0.15, 0.2) is 59.6 Å². The second-order valence-electron chi connectivity index (χ2n) is 7.94. The average molecular weight is 475 g/mol. The lowest BCUT2D eigenvalue weighted by atomic mass is 10.1. The summed E-state index contributed by atoms with van der Waals surface area (Å²) in [5.74, 6) is 0.117. The first kappa shape index (κ1) is 23.5. The number of benzene rings is 1. The highest BCUT2D eigenvalue weighted by Gasteiger charge is 2.20. The summed E-state index contributed by atoms with van der Waals surface area (Å²) in [5.41, 5.74) is 1.49. The molecule has 0 bridgehead atoms. The number of halogens is 1.